The van der Waals surface area contributed by atoms with Gasteiger partial charge in [-0.15, -0.1) is 0 Å². The van der Waals surface area contributed by atoms with Crippen molar-refractivity contribution in [3.05, 3.63) is 0 Å². The predicted octanol–water partition coefficient (Wildman–Crippen LogP) is 2.08. The molecule has 2 saturated carbocycles. The summed E-state index contributed by atoms with van der Waals surface area (Å²) >= 11 is 0. The van der Waals surface area contributed by atoms with Crippen molar-refractivity contribution in [3.63, 3.8) is 0 Å². The monoisotopic (exact) mass is 278 g/mol. The van der Waals surface area contributed by atoms with Gasteiger partial charge in [0.05, 0.1) is 6.54 Å². The molecule has 112 valence electrons. The van der Waals surface area contributed by atoms with Crippen molar-refractivity contribution in [2.24, 2.45) is 11.8 Å². The molecule has 2 aliphatic carbocycles. The third kappa shape index (κ3) is 2.33. The van der Waals surface area contributed by atoms with Crippen molar-refractivity contribution < 1.29 is 9.59 Å². The molecule has 4 heteroatoms. The molecule has 0 radical (unpaired) electrons. The van der Waals surface area contributed by atoms with Crippen LogP contribution in [0.1, 0.15) is 58.8 Å². The molecule has 4 nitrogen and oxygen atoms in total. The first-order valence-electron chi connectivity index (χ1n) is 8.14. The summed E-state index contributed by atoms with van der Waals surface area (Å²) in [6.45, 7) is 4.43. The number of hydrogen-bond donors (Lipinski definition) is 1. The summed E-state index contributed by atoms with van der Waals surface area (Å²) in [5, 5.41) is 2.97. The summed E-state index contributed by atoms with van der Waals surface area (Å²) in [4.78, 5) is 26.9. The van der Waals surface area contributed by atoms with Crippen molar-refractivity contribution in [3.8, 4) is 0 Å². The van der Waals surface area contributed by atoms with E-state index in [1.165, 1.54) is 25.7 Å². The summed E-state index contributed by atoms with van der Waals surface area (Å²) in [7, 11) is 0. The van der Waals surface area contributed by atoms with Crippen molar-refractivity contribution in [2.75, 3.05) is 6.54 Å². The number of hydrogen-bond acceptors (Lipinski definition) is 2. The second kappa shape index (κ2) is 5.05. The van der Waals surface area contributed by atoms with Crippen LogP contribution in [0.3, 0.4) is 0 Å². The molecule has 1 saturated heterocycles. The summed E-state index contributed by atoms with van der Waals surface area (Å²) in [6.07, 6.45) is 8.06. The van der Waals surface area contributed by atoms with Crippen LogP contribution in [0.2, 0.25) is 0 Å². The molecular weight excluding hydrogens is 252 g/mol. The van der Waals surface area contributed by atoms with Crippen molar-refractivity contribution >= 4 is 11.8 Å². The predicted molar refractivity (Wildman–Crippen MR) is 77.0 cm³/mol. The van der Waals surface area contributed by atoms with Gasteiger partial charge in [0.1, 0.15) is 5.54 Å². The number of piperazine rings is 1. The molecule has 0 aromatic rings. The van der Waals surface area contributed by atoms with E-state index >= 15 is 0 Å². The van der Waals surface area contributed by atoms with Crippen LogP contribution >= 0.6 is 0 Å². The van der Waals surface area contributed by atoms with E-state index in [9.17, 15) is 9.59 Å². The summed E-state index contributed by atoms with van der Waals surface area (Å²) < 4.78 is 0. The van der Waals surface area contributed by atoms with Gasteiger partial charge in [0, 0.05) is 6.04 Å². The maximum absolute atomic E-state index is 12.9. The zero-order chi connectivity index (χ0) is 14.3. The van der Waals surface area contributed by atoms with Gasteiger partial charge in [-0.1, -0.05) is 26.2 Å². The summed E-state index contributed by atoms with van der Waals surface area (Å²) in [6, 6.07) is 0.258. The Kier molecular flexibility index (Phi) is 3.51. The van der Waals surface area contributed by atoms with Gasteiger partial charge in [0.2, 0.25) is 11.8 Å². The van der Waals surface area contributed by atoms with E-state index in [1.54, 1.807) is 0 Å². The number of carbonyl (C=O) groups is 2. The zero-order valence-electron chi connectivity index (χ0n) is 12.7. The SMILES string of the molecule is CC1CCCCCC1N1CC(=O)NC(C)(C2CC2)C1=O. The maximum Gasteiger partial charge on any atom is 0.249 e. The van der Waals surface area contributed by atoms with Crippen LogP contribution in [-0.4, -0.2) is 34.8 Å². The number of nitrogens with one attached hydrogen (secondary N) is 1. The van der Waals surface area contributed by atoms with Gasteiger partial charge in [-0.2, -0.15) is 0 Å². The Hall–Kier alpha value is -1.06. The lowest BCUT2D eigenvalue weighted by Gasteiger charge is -2.45. The number of carbonyl (C=O) groups excluding carboxylic acids is 2. The zero-order valence-corrected chi connectivity index (χ0v) is 12.7. The molecule has 20 heavy (non-hydrogen) atoms. The van der Waals surface area contributed by atoms with Crippen LogP contribution in [0.4, 0.5) is 0 Å². The largest absolute Gasteiger partial charge is 0.340 e. The normalized spacial score (nSPS) is 39.4. The van der Waals surface area contributed by atoms with E-state index in [2.05, 4.69) is 12.2 Å². The molecule has 2 amide bonds. The maximum atomic E-state index is 12.9. The smallest absolute Gasteiger partial charge is 0.249 e. The Morgan fingerprint density at radius 1 is 1.10 bits per heavy atom. The Morgan fingerprint density at radius 2 is 1.80 bits per heavy atom. The number of nitrogens with zero attached hydrogens (tertiary/aromatic N) is 1. The second-order valence-electron chi connectivity index (χ2n) is 7.14. The molecule has 0 aromatic carbocycles. The van der Waals surface area contributed by atoms with E-state index in [4.69, 9.17) is 0 Å². The molecule has 1 heterocycles. The number of amides is 2. The minimum absolute atomic E-state index is 0.0236. The van der Waals surface area contributed by atoms with Crippen LogP contribution < -0.4 is 5.32 Å². The fraction of sp³-hybridized carbons (Fsp3) is 0.875. The van der Waals surface area contributed by atoms with Crippen molar-refractivity contribution in [1.82, 2.24) is 10.2 Å². The Balaban J connectivity index is 1.83. The van der Waals surface area contributed by atoms with Gasteiger partial charge in [0.25, 0.3) is 0 Å². The standard InChI is InChI=1S/C16H26N2O2/c1-11-6-4-3-5-7-13(11)18-10-14(19)17-16(2,15(18)20)12-8-9-12/h11-13H,3-10H2,1-2H3,(H,17,19). The van der Waals surface area contributed by atoms with E-state index in [0.717, 1.165) is 19.3 Å². The fourth-order valence-corrected chi connectivity index (χ4v) is 4.05. The first kappa shape index (κ1) is 13.9. The minimum Gasteiger partial charge on any atom is -0.340 e. The molecule has 0 aromatic heterocycles. The molecule has 0 bridgehead atoms. The quantitative estimate of drug-likeness (QED) is 0.786. The van der Waals surface area contributed by atoms with Crippen LogP contribution in [0.5, 0.6) is 0 Å². The Bertz CT molecular complexity index is 419. The lowest BCUT2D eigenvalue weighted by atomic mass is 9.87. The molecule has 3 fully saturated rings. The van der Waals surface area contributed by atoms with Crippen LogP contribution in [0.15, 0.2) is 0 Å². The second-order valence-corrected chi connectivity index (χ2v) is 7.14. The van der Waals surface area contributed by atoms with E-state index < -0.39 is 5.54 Å². The van der Waals surface area contributed by atoms with E-state index in [1.807, 2.05) is 11.8 Å². The topological polar surface area (TPSA) is 49.4 Å². The third-order valence-electron chi connectivity index (χ3n) is 5.53. The van der Waals surface area contributed by atoms with Gasteiger partial charge < -0.3 is 10.2 Å². The van der Waals surface area contributed by atoms with Crippen molar-refractivity contribution in [2.45, 2.75) is 70.4 Å². The lowest BCUT2D eigenvalue weighted by molar-refractivity contribution is -0.154. The molecule has 0 spiro atoms. The van der Waals surface area contributed by atoms with Crippen molar-refractivity contribution in [1.29, 1.82) is 0 Å². The first-order chi connectivity index (χ1) is 9.52. The number of rotatable bonds is 2. The highest BCUT2D eigenvalue weighted by molar-refractivity contribution is 5.98. The van der Waals surface area contributed by atoms with Gasteiger partial charge in [-0.3, -0.25) is 9.59 Å². The summed E-state index contributed by atoms with van der Waals surface area (Å²) in [5.74, 6) is 1.05. The van der Waals surface area contributed by atoms with E-state index in [0.29, 0.717) is 11.8 Å². The van der Waals surface area contributed by atoms with Gasteiger partial charge in [0.15, 0.2) is 0 Å². The van der Waals surface area contributed by atoms with Gasteiger partial charge >= 0.3 is 0 Å². The molecular formula is C16H26N2O2. The van der Waals surface area contributed by atoms with Crippen LogP contribution in [0.25, 0.3) is 0 Å². The molecule has 1 aliphatic heterocycles. The molecule has 1 N–H and O–H groups in total. The Morgan fingerprint density at radius 3 is 2.50 bits per heavy atom. The highest BCUT2D eigenvalue weighted by Crippen LogP contribution is 2.42. The summed E-state index contributed by atoms with van der Waals surface area (Å²) in [5.41, 5.74) is -0.638. The Labute approximate surface area is 121 Å². The molecule has 3 unspecified atom stereocenters. The minimum atomic E-state index is -0.638. The molecule has 3 aliphatic rings. The molecule has 3 atom stereocenters. The van der Waals surface area contributed by atoms with E-state index in [-0.39, 0.29) is 24.4 Å². The third-order valence-corrected chi connectivity index (χ3v) is 5.53. The average Bonchev–Trinajstić information content (AvgIpc) is 3.21. The highest BCUT2D eigenvalue weighted by Gasteiger charge is 2.53. The first-order valence-corrected chi connectivity index (χ1v) is 8.14. The van der Waals surface area contributed by atoms with Gasteiger partial charge in [-0.25, -0.2) is 0 Å². The fourth-order valence-electron chi connectivity index (χ4n) is 4.05. The average molecular weight is 278 g/mol. The van der Waals surface area contributed by atoms with Gasteiger partial charge in [-0.05, 0) is 44.4 Å². The lowest BCUT2D eigenvalue weighted by Crippen LogP contribution is -2.68. The molecule has 3 rings (SSSR count). The highest BCUT2D eigenvalue weighted by atomic mass is 16.2. The van der Waals surface area contributed by atoms with Crippen LogP contribution in [-0.2, 0) is 9.59 Å². The van der Waals surface area contributed by atoms with Crippen LogP contribution in [0, 0.1) is 11.8 Å².